The van der Waals surface area contributed by atoms with Crippen LogP contribution in [0.15, 0.2) is 24.6 Å². The van der Waals surface area contributed by atoms with Crippen LogP contribution in [0.2, 0.25) is 0 Å². The van der Waals surface area contributed by atoms with Gasteiger partial charge in [-0.1, -0.05) is 6.58 Å². The van der Waals surface area contributed by atoms with Crippen LogP contribution >= 0.6 is 0 Å². The molecule has 1 unspecified atom stereocenters. The molecular weight excluding hydrogens is 178 g/mol. The van der Waals surface area contributed by atoms with Gasteiger partial charge in [-0.05, 0) is 18.9 Å². The lowest BCUT2D eigenvalue weighted by Crippen LogP contribution is -2.40. The number of hydrogen-bond donors (Lipinski definition) is 2. The van der Waals surface area contributed by atoms with Gasteiger partial charge in [-0.2, -0.15) is 0 Å². The van der Waals surface area contributed by atoms with E-state index in [9.17, 15) is 4.79 Å². The molecule has 1 fully saturated rings. The second-order valence-corrected chi connectivity index (χ2v) is 3.49. The summed E-state index contributed by atoms with van der Waals surface area (Å²) in [5.74, 6) is 0.178. The highest BCUT2D eigenvalue weighted by molar-refractivity contribution is 5.87. The molecule has 0 aromatic carbocycles. The Morgan fingerprint density at radius 1 is 1.57 bits per heavy atom. The van der Waals surface area contributed by atoms with Crippen molar-refractivity contribution >= 4 is 5.91 Å². The van der Waals surface area contributed by atoms with Crippen molar-refractivity contribution in [3.63, 3.8) is 0 Å². The minimum Gasteiger partial charge on any atom is -0.403 e. The van der Waals surface area contributed by atoms with Gasteiger partial charge in [0, 0.05) is 30.9 Å². The van der Waals surface area contributed by atoms with Gasteiger partial charge >= 0.3 is 0 Å². The van der Waals surface area contributed by atoms with E-state index in [0.29, 0.717) is 12.2 Å². The summed E-state index contributed by atoms with van der Waals surface area (Å²) in [5.41, 5.74) is 11.7. The van der Waals surface area contributed by atoms with Crippen LogP contribution in [-0.4, -0.2) is 23.9 Å². The molecule has 0 spiro atoms. The normalized spacial score (nSPS) is 23.3. The van der Waals surface area contributed by atoms with Gasteiger partial charge in [0.05, 0.1) is 0 Å². The molecular formula is C10H17N3O. The van der Waals surface area contributed by atoms with Crippen molar-refractivity contribution in [1.82, 2.24) is 4.90 Å². The molecule has 4 heteroatoms. The second-order valence-electron chi connectivity index (χ2n) is 3.49. The summed E-state index contributed by atoms with van der Waals surface area (Å²) in [7, 11) is 0. The molecule has 1 aliphatic heterocycles. The van der Waals surface area contributed by atoms with E-state index in [0.717, 1.165) is 19.4 Å². The van der Waals surface area contributed by atoms with Gasteiger partial charge in [0.15, 0.2) is 0 Å². The van der Waals surface area contributed by atoms with Crippen molar-refractivity contribution in [3.8, 4) is 0 Å². The number of hydrogen-bond acceptors (Lipinski definition) is 3. The molecule has 0 radical (unpaired) electrons. The van der Waals surface area contributed by atoms with E-state index in [1.165, 1.54) is 12.3 Å². The van der Waals surface area contributed by atoms with Crippen LogP contribution in [0.5, 0.6) is 0 Å². The van der Waals surface area contributed by atoms with E-state index >= 15 is 0 Å². The van der Waals surface area contributed by atoms with Crippen LogP contribution in [0.1, 0.15) is 12.8 Å². The monoisotopic (exact) mass is 195 g/mol. The minimum absolute atomic E-state index is 0.0282. The SMILES string of the molecule is C=CC(=O)N1CCCC(/C(N)=C/N)C1. The molecule has 0 aliphatic carbocycles. The molecule has 1 saturated heterocycles. The highest BCUT2D eigenvalue weighted by Gasteiger charge is 2.23. The average Bonchev–Trinajstić information content (AvgIpc) is 2.27. The summed E-state index contributed by atoms with van der Waals surface area (Å²) in [6.45, 7) is 4.91. The minimum atomic E-state index is -0.0282. The third-order valence-corrected chi connectivity index (χ3v) is 2.57. The van der Waals surface area contributed by atoms with Crippen LogP contribution in [0.25, 0.3) is 0 Å². The number of carbonyl (C=O) groups is 1. The molecule has 14 heavy (non-hydrogen) atoms. The van der Waals surface area contributed by atoms with Gasteiger partial charge < -0.3 is 16.4 Å². The van der Waals surface area contributed by atoms with Gasteiger partial charge in [-0.3, -0.25) is 4.79 Å². The first-order chi connectivity index (χ1) is 6.69. The van der Waals surface area contributed by atoms with E-state index in [1.807, 2.05) is 0 Å². The molecule has 1 amide bonds. The lowest BCUT2D eigenvalue weighted by atomic mass is 9.95. The van der Waals surface area contributed by atoms with Crippen molar-refractivity contribution in [2.45, 2.75) is 12.8 Å². The predicted octanol–water partition coefficient (Wildman–Crippen LogP) is 0.170. The number of amides is 1. The summed E-state index contributed by atoms with van der Waals surface area (Å²) in [5, 5.41) is 0. The standard InChI is InChI=1S/C10H17N3O/c1-2-10(14)13-5-3-4-8(7-13)9(12)6-11/h2,6,8H,1,3-5,7,11-12H2/b9-6-. The van der Waals surface area contributed by atoms with Crippen LogP contribution in [0.3, 0.4) is 0 Å². The van der Waals surface area contributed by atoms with Gasteiger partial charge in [0.25, 0.3) is 0 Å². The highest BCUT2D eigenvalue weighted by atomic mass is 16.2. The zero-order valence-corrected chi connectivity index (χ0v) is 8.28. The Morgan fingerprint density at radius 2 is 2.29 bits per heavy atom. The van der Waals surface area contributed by atoms with Gasteiger partial charge in [0.2, 0.25) is 5.91 Å². The third-order valence-electron chi connectivity index (χ3n) is 2.57. The number of likely N-dealkylation sites (tertiary alicyclic amines) is 1. The highest BCUT2D eigenvalue weighted by Crippen LogP contribution is 2.20. The lowest BCUT2D eigenvalue weighted by Gasteiger charge is -2.32. The Bertz CT molecular complexity index is 252. The van der Waals surface area contributed by atoms with Gasteiger partial charge in [-0.25, -0.2) is 0 Å². The average molecular weight is 195 g/mol. The zero-order chi connectivity index (χ0) is 10.6. The van der Waals surface area contributed by atoms with Crippen molar-refractivity contribution < 1.29 is 4.79 Å². The fraction of sp³-hybridized carbons (Fsp3) is 0.500. The molecule has 1 heterocycles. The third kappa shape index (κ3) is 2.28. The molecule has 0 aromatic rings. The number of nitrogens with two attached hydrogens (primary N) is 2. The van der Waals surface area contributed by atoms with Gasteiger partial charge in [0.1, 0.15) is 0 Å². The maximum atomic E-state index is 11.3. The molecule has 0 saturated carbocycles. The number of rotatable bonds is 2. The first-order valence-electron chi connectivity index (χ1n) is 4.77. The quantitative estimate of drug-likeness (QED) is 0.617. The van der Waals surface area contributed by atoms with E-state index in [2.05, 4.69) is 6.58 Å². The summed E-state index contributed by atoms with van der Waals surface area (Å²) < 4.78 is 0. The number of piperidine rings is 1. The fourth-order valence-corrected chi connectivity index (χ4v) is 1.71. The Balaban J connectivity index is 2.60. The molecule has 0 aromatic heterocycles. The first kappa shape index (κ1) is 10.6. The van der Waals surface area contributed by atoms with Crippen LogP contribution < -0.4 is 11.5 Å². The number of carbonyl (C=O) groups excluding carboxylic acids is 1. The fourth-order valence-electron chi connectivity index (χ4n) is 1.71. The summed E-state index contributed by atoms with van der Waals surface area (Å²) in [4.78, 5) is 13.1. The molecule has 1 aliphatic rings. The zero-order valence-electron chi connectivity index (χ0n) is 8.28. The van der Waals surface area contributed by atoms with Crippen molar-refractivity contribution in [2.24, 2.45) is 17.4 Å². The van der Waals surface area contributed by atoms with Crippen LogP contribution in [0, 0.1) is 5.92 Å². The Hall–Kier alpha value is -1.45. The van der Waals surface area contributed by atoms with Gasteiger partial charge in [-0.15, -0.1) is 0 Å². The van der Waals surface area contributed by atoms with E-state index in [4.69, 9.17) is 11.5 Å². The summed E-state index contributed by atoms with van der Waals surface area (Å²) >= 11 is 0. The van der Waals surface area contributed by atoms with Crippen molar-refractivity contribution in [2.75, 3.05) is 13.1 Å². The largest absolute Gasteiger partial charge is 0.403 e. The van der Waals surface area contributed by atoms with E-state index in [-0.39, 0.29) is 11.8 Å². The van der Waals surface area contributed by atoms with E-state index < -0.39 is 0 Å². The Morgan fingerprint density at radius 3 is 2.86 bits per heavy atom. The van der Waals surface area contributed by atoms with Crippen molar-refractivity contribution in [1.29, 1.82) is 0 Å². The number of nitrogens with zero attached hydrogens (tertiary/aromatic N) is 1. The molecule has 4 N–H and O–H groups in total. The first-order valence-corrected chi connectivity index (χ1v) is 4.77. The van der Waals surface area contributed by atoms with E-state index in [1.54, 1.807) is 4.90 Å². The molecule has 0 bridgehead atoms. The molecule has 78 valence electrons. The maximum absolute atomic E-state index is 11.3. The van der Waals surface area contributed by atoms with Crippen molar-refractivity contribution in [3.05, 3.63) is 24.6 Å². The topological polar surface area (TPSA) is 72.3 Å². The molecule has 4 nitrogen and oxygen atoms in total. The predicted molar refractivity (Wildman–Crippen MR) is 56.0 cm³/mol. The lowest BCUT2D eigenvalue weighted by molar-refractivity contribution is -0.127. The second kappa shape index (κ2) is 4.69. The molecule has 1 rings (SSSR count). The Labute approximate surface area is 84.2 Å². The molecule has 1 atom stereocenters. The summed E-state index contributed by atoms with van der Waals surface area (Å²) in [6, 6.07) is 0. The Kier molecular flexibility index (Phi) is 3.56. The summed E-state index contributed by atoms with van der Waals surface area (Å²) in [6.07, 6.45) is 4.73. The van der Waals surface area contributed by atoms with Crippen LogP contribution in [-0.2, 0) is 4.79 Å². The maximum Gasteiger partial charge on any atom is 0.245 e. The smallest absolute Gasteiger partial charge is 0.245 e. The van der Waals surface area contributed by atoms with Crippen LogP contribution in [0.4, 0.5) is 0 Å².